The molecule has 1 atom stereocenters. The van der Waals surface area contributed by atoms with Crippen molar-refractivity contribution in [2.45, 2.75) is 12.5 Å². The van der Waals surface area contributed by atoms with Crippen LogP contribution in [0.1, 0.15) is 16.8 Å². The van der Waals surface area contributed by atoms with Crippen LogP contribution >= 0.6 is 0 Å². The third kappa shape index (κ3) is 3.78. The van der Waals surface area contributed by atoms with Crippen molar-refractivity contribution in [2.75, 3.05) is 0 Å². The summed E-state index contributed by atoms with van der Waals surface area (Å²) in [5.41, 5.74) is 0.0208. The number of hydrogen-bond acceptors (Lipinski definition) is 4. The molecule has 0 spiro atoms. The number of aromatic carboxylic acids is 1. The minimum absolute atomic E-state index is 0.0208. The third-order valence-corrected chi connectivity index (χ3v) is 2.02. The summed E-state index contributed by atoms with van der Waals surface area (Å²) in [4.78, 5) is 31.7. The van der Waals surface area contributed by atoms with E-state index in [-0.39, 0.29) is 11.3 Å². The van der Waals surface area contributed by atoms with E-state index in [2.05, 4.69) is 0 Å². The molecular formula is C11H10O7. The van der Waals surface area contributed by atoms with E-state index in [0.29, 0.717) is 0 Å². The number of rotatable bonds is 6. The van der Waals surface area contributed by atoms with Gasteiger partial charge >= 0.3 is 17.9 Å². The van der Waals surface area contributed by atoms with Crippen molar-refractivity contribution in [3.63, 3.8) is 0 Å². The smallest absolute Gasteiger partial charge is 0.345 e. The standard InChI is InChI=1S/C11H10O7/c12-9(13)5-8(11(16)17)18-7-3-1-6(2-4-7)10(14)15/h1-4,8H,5H2,(H,12,13)(H,14,15)(H,16,17). The van der Waals surface area contributed by atoms with E-state index in [9.17, 15) is 14.4 Å². The lowest BCUT2D eigenvalue weighted by Gasteiger charge is -2.13. The van der Waals surface area contributed by atoms with Gasteiger partial charge in [0.2, 0.25) is 6.10 Å². The zero-order chi connectivity index (χ0) is 13.7. The van der Waals surface area contributed by atoms with E-state index in [1.54, 1.807) is 0 Å². The van der Waals surface area contributed by atoms with Crippen LogP contribution in [0.15, 0.2) is 24.3 Å². The first kappa shape index (κ1) is 13.5. The molecule has 0 saturated carbocycles. The van der Waals surface area contributed by atoms with Crippen LogP contribution in [0.5, 0.6) is 5.75 Å². The van der Waals surface area contributed by atoms with Gasteiger partial charge in [-0.05, 0) is 24.3 Å². The highest BCUT2D eigenvalue weighted by molar-refractivity contribution is 5.87. The Morgan fingerprint density at radius 1 is 1.06 bits per heavy atom. The molecule has 0 aliphatic carbocycles. The summed E-state index contributed by atoms with van der Waals surface area (Å²) in [6.07, 6.45) is -2.20. The van der Waals surface area contributed by atoms with Crippen molar-refractivity contribution in [3.8, 4) is 5.75 Å². The molecule has 18 heavy (non-hydrogen) atoms. The third-order valence-electron chi connectivity index (χ3n) is 2.02. The molecule has 1 aromatic rings. The molecule has 0 bridgehead atoms. The minimum Gasteiger partial charge on any atom is -0.481 e. The molecule has 0 amide bonds. The Labute approximate surface area is 101 Å². The van der Waals surface area contributed by atoms with Crippen LogP contribution in [0.3, 0.4) is 0 Å². The largest absolute Gasteiger partial charge is 0.481 e. The van der Waals surface area contributed by atoms with Gasteiger partial charge in [0.25, 0.3) is 0 Å². The van der Waals surface area contributed by atoms with E-state index in [4.69, 9.17) is 20.1 Å². The van der Waals surface area contributed by atoms with Crippen molar-refractivity contribution >= 4 is 17.9 Å². The van der Waals surface area contributed by atoms with Crippen LogP contribution < -0.4 is 4.74 Å². The van der Waals surface area contributed by atoms with E-state index in [1.165, 1.54) is 24.3 Å². The van der Waals surface area contributed by atoms with Gasteiger partial charge in [-0.3, -0.25) is 4.79 Å². The fourth-order valence-corrected chi connectivity index (χ4v) is 1.18. The van der Waals surface area contributed by atoms with Gasteiger partial charge in [0.05, 0.1) is 12.0 Å². The molecule has 0 radical (unpaired) electrons. The second-order valence-electron chi connectivity index (χ2n) is 3.37. The average molecular weight is 254 g/mol. The van der Waals surface area contributed by atoms with Crippen molar-refractivity contribution in [2.24, 2.45) is 0 Å². The van der Waals surface area contributed by atoms with Crippen molar-refractivity contribution in [1.29, 1.82) is 0 Å². The number of carbonyl (C=O) groups is 3. The van der Waals surface area contributed by atoms with E-state index >= 15 is 0 Å². The maximum Gasteiger partial charge on any atom is 0.345 e. The van der Waals surface area contributed by atoms with Gasteiger partial charge in [0, 0.05) is 0 Å². The second-order valence-corrected chi connectivity index (χ2v) is 3.37. The van der Waals surface area contributed by atoms with Crippen LogP contribution in [-0.2, 0) is 9.59 Å². The van der Waals surface area contributed by atoms with Gasteiger partial charge < -0.3 is 20.1 Å². The van der Waals surface area contributed by atoms with Gasteiger partial charge in [0.1, 0.15) is 5.75 Å². The number of aliphatic carboxylic acids is 2. The molecule has 0 saturated heterocycles. The van der Waals surface area contributed by atoms with Crippen molar-refractivity contribution < 1.29 is 34.4 Å². The lowest BCUT2D eigenvalue weighted by Crippen LogP contribution is -2.29. The Hall–Kier alpha value is -2.57. The molecule has 0 aromatic heterocycles. The first-order chi connectivity index (χ1) is 8.40. The molecule has 0 fully saturated rings. The summed E-state index contributed by atoms with van der Waals surface area (Å²) in [5.74, 6) is -3.74. The van der Waals surface area contributed by atoms with E-state index < -0.39 is 30.4 Å². The molecule has 96 valence electrons. The van der Waals surface area contributed by atoms with Crippen LogP contribution in [0, 0.1) is 0 Å². The highest BCUT2D eigenvalue weighted by Crippen LogP contribution is 2.15. The number of ether oxygens (including phenoxy) is 1. The summed E-state index contributed by atoms with van der Waals surface area (Å²) < 4.78 is 4.95. The summed E-state index contributed by atoms with van der Waals surface area (Å²) in [7, 11) is 0. The van der Waals surface area contributed by atoms with Crippen LogP contribution in [-0.4, -0.2) is 39.3 Å². The number of benzene rings is 1. The Morgan fingerprint density at radius 3 is 2.00 bits per heavy atom. The lowest BCUT2D eigenvalue weighted by molar-refractivity contribution is -0.151. The van der Waals surface area contributed by atoms with Crippen LogP contribution in [0.25, 0.3) is 0 Å². The predicted molar refractivity (Wildman–Crippen MR) is 57.7 cm³/mol. The number of carboxylic acids is 3. The molecule has 7 nitrogen and oxygen atoms in total. The lowest BCUT2D eigenvalue weighted by atomic mass is 10.2. The fraction of sp³-hybridized carbons (Fsp3) is 0.182. The monoisotopic (exact) mass is 254 g/mol. The average Bonchev–Trinajstić information content (AvgIpc) is 2.28. The molecule has 1 unspecified atom stereocenters. The molecule has 0 heterocycles. The molecular weight excluding hydrogens is 244 g/mol. The summed E-state index contributed by atoms with van der Waals surface area (Å²) in [6.45, 7) is 0. The molecule has 7 heteroatoms. The maximum absolute atomic E-state index is 10.7. The maximum atomic E-state index is 10.7. The number of hydrogen-bond donors (Lipinski definition) is 3. The molecule has 1 rings (SSSR count). The number of carboxylic acid groups (broad SMARTS) is 3. The van der Waals surface area contributed by atoms with Crippen LogP contribution in [0.4, 0.5) is 0 Å². The van der Waals surface area contributed by atoms with Gasteiger partial charge in [-0.15, -0.1) is 0 Å². The summed E-state index contributed by atoms with van der Waals surface area (Å²) >= 11 is 0. The molecule has 0 aliphatic heterocycles. The highest BCUT2D eigenvalue weighted by Gasteiger charge is 2.22. The van der Waals surface area contributed by atoms with Gasteiger partial charge in [0.15, 0.2) is 0 Å². The predicted octanol–water partition coefficient (Wildman–Crippen LogP) is 0.692. The van der Waals surface area contributed by atoms with E-state index in [0.717, 1.165) is 0 Å². The van der Waals surface area contributed by atoms with Gasteiger partial charge in [-0.2, -0.15) is 0 Å². The molecule has 3 N–H and O–H groups in total. The van der Waals surface area contributed by atoms with Gasteiger partial charge in [-0.25, -0.2) is 9.59 Å². The normalized spacial score (nSPS) is 11.6. The molecule has 0 aliphatic rings. The Balaban J connectivity index is 2.78. The molecule has 1 aromatic carbocycles. The van der Waals surface area contributed by atoms with Crippen molar-refractivity contribution in [1.82, 2.24) is 0 Å². The van der Waals surface area contributed by atoms with Crippen LogP contribution in [0.2, 0.25) is 0 Å². The quantitative estimate of drug-likeness (QED) is 0.682. The fourth-order valence-electron chi connectivity index (χ4n) is 1.18. The Bertz CT molecular complexity index is 463. The first-order valence-corrected chi connectivity index (χ1v) is 4.84. The first-order valence-electron chi connectivity index (χ1n) is 4.84. The van der Waals surface area contributed by atoms with Crippen molar-refractivity contribution in [3.05, 3.63) is 29.8 Å². The Morgan fingerprint density at radius 2 is 1.61 bits per heavy atom. The second kappa shape index (κ2) is 5.67. The topological polar surface area (TPSA) is 121 Å². The van der Waals surface area contributed by atoms with Gasteiger partial charge in [-0.1, -0.05) is 0 Å². The minimum atomic E-state index is -1.52. The summed E-state index contributed by atoms with van der Waals surface area (Å²) in [6, 6.07) is 5.00. The highest BCUT2D eigenvalue weighted by atomic mass is 16.5. The van der Waals surface area contributed by atoms with E-state index in [1.807, 2.05) is 0 Å². The zero-order valence-electron chi connectivity index (χ0n) is 9.07. The summed E-state index contributed by atoms with van der Waals surface area (Å²) in [5, 5.41) is 25.9. The zero-order valence-corrected chi connectivity index (χ0v) is 9.07. The SMILES string of the molecule is O=C(O)CC(Oc1ccc(C(=O)O)cc1)C(=O)O. The Kier molecular flexibility index (Phi) is 4.25.